The highest BCUT2D eigenvalue weighted by molar-refractivity contribution is 5.93. The highest BCUT2D eigenvalue weighted by Crippen LogP contribution is 2.34. The Labute approximate surface area is 166 Å². The number of hydrogen-bond acceptors (Lipinski definition) is 6. The molecular weight excluding hydrogens is 372 g/mol. The number of H-pyrrole nitrogens is 1. The first-order valence-electron chi connectivity index (χ1n) is 9.01. The van der Waals surface area contributed by atoms with E-state index in [-0.39, 0.29) is 6.42 Å². The van der Waals surface area contributed by atoms with Gasteiger partial charge in [0, 0.05) is 35.0 Å². The first-order valence-corrected chi connectivity index (χ1v) is 9.01. The zero-order valence-electron chi connectivity index (χ0n) is 16.0. The number of ether oxygens (including phenoxy) is 2. The molecule has 2 aromatic carbocycles. The van der Waals surface area contributed by atoms with Gasteiger partial charge in [-0.1, -0.05) is 18.2 Å². The molecule has 3 N–H and O–H groups in total. The topological polar surface area (TPSA) is 109 Å². The molecule has 0 aliphatic heterocycles. The van der Waals surface area contributed by atoms with Gasteiger partial charge >= 0.3 is 5.97 Å². The van der Waals surface area contributed by atoms with E-state index in [4.69, 9.17) is 9.47 Å². The lowest BCUT2D eigenvalue weighted by Crippen LogP contribution is -2.32. The molecule has 0 saturated carbocycles. The molecule has 4 rings (SSSR count). The molecule has 1 unspecified atom stereocenters. The zero-order valence-corrected chi connectivity index (χ0v) is 16.0. The minimum absolute atomic E-state index is 0.290. The number of carboxylic acid groups (broad SMARTS) is 1. The fourth-order valence-corrected chi connectivity index (χ4v) is 3.38. The molecule has 2 aromatic heterocycles. The fraction of sp³-hybridized carbons (Fsp3) is 0.190. The number of benzene rings is 2. The second kappa shape index (κ2) is 7.67. The van der Waals surface area contributed by atoms with E-state index in [0.29, 0.717) is 28.2 Å². The number of rotatable bonds is 7. The van der Waals surface area contributed by atoms with Gasteiger partial charge in [-0.25, -0.2) is 14.8 Å². The van der Waals surface area contributed by atoms with Crippen molar-refractivity contribution in [3.8, 4) is 11.5 Å². The number of fused-ring (bicyclic) bond motifs is 2. The van der Waals surface area contributed by atoms with E-state index in [9.17, 15) is 9.90 Å². The summed E-state index contributed by atoms with van der Waals surface area (Å²) in [5.41, 5.74) is 2.51. The molecule has 2 heterocycles. The Balaban J connectivity index is 1.70. The van der Waals surface area contributed by atoms with Crippen molar-refractivity contribution in [2.24, 2.45) is 0 Å². The number of aromatic nitrogens is 3. The summed E-state index contributed by atoms with van der Waals surface area (Å²) in [4.78, 5) is 23.7. The molecule has 0 radical (unpaired) electrons. The first-order chi connectivity index (χ1) is 14.1. The Kier molecular flexibility index (Phi) is 4.90. The van der Waals surface area contributed by atoms with Crippen molar-refractivity contribution in [3.05, 3.63) is 54.5 Å². The van der Waals surface area contributed by atoms with Gasteiger partial charge < -0.3 is 24.9 Å². The number of nitrogens with zero attached hydrogens (tertiary/aromatic N) is 2. The molecular formula is C21H20N4O4. The Morgan fingerprint density at radius 1 is 1.14 bits per heavy atom. The van der Waals surface area contributed by atoms with Crippen molar-refractivity contribution in [2.45, 2.75) is 12.5 Å². The van der Waals surface area contributed by atoms with Crippen LogP contribution in [0.3, 0.4) is 0 Å². The summed E-state index contributed by atoms with van der Waals surface area (Å²) < 4.78 is 10.7. The smallest absolute Gasteiger partial charge is 0.326 e. The lowest BCUT2D eigenvalue weighted by atomic mass is 10.0. The number of hydrogen-bond donors (Lipinski definition) is 3. The van der Waals surface area contributed by atoms with Crippen LogP contribution < -0.4 is 14.8 Å². The molecule has 0 bridgehead atoms. The monoisotopic (exact) mass is 392 g/mol. The van der Waals surface area contributed by atoms with Crippen LogP contribution in [0.4, 0.5) is 5.82 Å². The number of anilines is 1. The van der Waals surface area contributed by atoms with Crippen molar-refractivity contribution in [1.29, 1.82) is 0 Å². The van der Waals surface area contributed by atoms with Crippen molar-refractivity contribution < 1.29 is 19.4 Å². The summed E-state index contributed by atoms with van der Waals surface area (Å²) in [5.74, 6) is 0.505. The van der Waals surface area contributed by atoms with Gasteiger partial charge in [0.15, 0.2) is 11.5 Å². The number of carboxylic acids is 1. The van der Waals surface area contributed by atoms with Gasteiger partial charge in [-0.3, -0.25) is 0 Å². The van der Waals surface area contributed by atoms with E-state index in [2.05, 4.69) is 20.3 Å². The third-order valence-corrected chi connectivity index (χ3v) is 4.85. The summed E-state index contributed by atoms with van der Waals surface area (Å²) in [6, 6.07) is 10.4. The number of aromatic amines is 1. The molecule has 1 atom stereocenters. The van der Waals surface area contributed by atoms with Gasteiger partial charge in [0.1, 0.15) is 18.2 Å². The SMILES string of the molecule is COc1cc2ncnc(NC(Cc3c[nH]c4ccccc34)C(=O)O)c2cc1OC. The standard InChI is InChI=1S/C21H20N4O4/c1-28-18-8-14-16(9-19(18)29-2)23-11-24-20(14)25-17(21(26)27)7-12-10-22-15-6-4-3-5-13(12)15/h3-6,8-11,17,22H,7H2,1-2H3,(H,26,27)(H,23,24,25). The van der Waals surface area contributed by atoms with Crippen LogP contribution in [-0.4, -0.2) is 46.3 Å². The number of methoxy groups -OCH3 is 2. The van der Waals surface area contributed by atoms with E-state index < -0.39 is 12.0 Å². The Bertz CT molecular complexity index is 1190. The third-order valence-electron chi connectivity index (χ3n) is 4.85. The molecule has 0 amide bonds. The highest BCUT2D eigenvalue weighted by Gasteiger charge is 2.22. The summed E-state index contributed by atoms with van der Waals surface area (Å²) in [6.07, 6.45) is 3.52. The average molecular weight is 392 g/mol. The second-order valence-corrected chi connectivity index (χ2v) is 6.55. The van der Waals surface area contributed by atoms with E-state index in [0.717, 1.165) is 16.5 Å². The summed E-state index contributed by atoms with van der Waals surface area (Å²) >= 11 is 0. The van der Waals surface area contributed by atoms with Gasteiger partial charge in [-0.15, -0.1) is 0 Å². The van der Waals surface area contributed by atoms with Gasteiger partial charge in [-0.2, -0.15) is 0 Å². The number of nitrogens with one attached hydrogen (secondary N) is 2. The first kappa shape index (κ1) is 18.5. The summed E-state index contributed by atoms with van der Waals surface area (Å²) in [7, 11) is 3.09. The van der Waals surface area contributed by atoms with E-state index >= 15 is 0 Å². The predicted molar refractivity (Wildman–Crippen MR) is 110 cm³/mol. The van der Waals surface area contributed by atoms with Crippen LogP contribution in [0.5, 0.6) is 11.5 Å². The van der Waals surface area contributed by atoms with Crippen LogP contribution >= 0.6 is 0 Å². The van der Waals surface area contributed by atoms with Gasteiger partial charge in [0.2, 0.25) is 0 Å². The minimum Gasteiger partial charge on any atom is -0.493 e. The second-order valence-electron chi connectivity index (χ2n) is 6.55. The quantitative estimate of drug-likeness (QED) is 0.443. The average Bonchev–Trinajstić information content (AvgIpc) is 3.15. The molecule has 8 heteroatoms. The normalized spacial score (nSPS) is 12.1. The summed E-state index contributed by atoms with van der Waals surface area (Å²) in [5, 5.41) is 14.5. The van der Waals surface area contributed by atoms with E-state index in [1.165, 1.54) is 13.4 Å². The van der Waals surface area contributed by atoms with Crippen molar-refractivity contribution in [1.82, 2.24) is 15.0 Å². The Morgan fingerprint density at radius 2 is 1.90 bits per heavy atom. The minimum atomic E-state index is -0.970. The van der Waals surface area contributed by atoms with Crippen molar-refractivity contribution in [2.75, 3.05) is 19.5 Å². The van der Waals surface area contributed by atoms with Crippen LogP contribution in [0, 0.1) is 0 Å². The molecule has 29 heavy (non-hydrogen) atoms. The Morgan fingerprint density at radius 3 is 2.66 bits per heavy atom. The number of para-hydroxylation sites is 1. The lowest BCUT2D eigenvalue weighted by molar-refractivity contribution is -0.137. The van der Waals surface area contributed by atoms with Crippen LogP contribution in [0.1, 0.15) is 5.56 Å². The molecule has 0 spiro atoms. The fourth-order valence-electron chi connectivity index (χ4n) is 3.38. The maximum atomic E-state index is 12.0. The molecule has 0 fully saturated rings. The lowest BCUT2D eigenvalue weighted by Gasteiger charge is -2.17. The summed E-state index contributed by atoms with van der Waals surface area (Å²) in [6.45, 7) is 0. The van der Waals surface area contributed by atoms with Crippen molar-refractivity contribution >= 4 is 33.6 Å². The molecule has 148 valence electrons. The zero-order chi connectivity index (χ0) is 20.4. The molecule has 8 nitrogen and oxygen atoms in total. The van der Waals surface area contributed by atoms with Gasteiger partial charge in [-0.05, 0) is 17.7 Å². The van der Waals surface area contributed by atoms with Gasteiger partial charge in [0.25, 0.3) is 0 Å². The van der Waals surface area contributed by atoms with Crippen LogP contribution in [0.25, 0.3) is 21.8 Å². The predicted octanol–water partition coefficient (Wildman–Crippen LogP) is 3.24. The number of aliphatic carboxylic acids is 1. The highest BCUT2D eigenvalue weighted by atomic mass is 16.5. The van der Waals surface area contributed by atoms with Crippen LogP contribution in [0.15, 0.2) is 48.9 Å². The molecule has 0 saturated heterocycles. The maximum absolute atomic E-state index is 12.0. The van der Waals surface area contributed by atoms with E-state index in [1.54, 1.807) is 19.2 Å². The van der Waals surface area contributed by atoms with E-state index in [1.807, 2.05) is 30.5 Å². The number of carbonyl (C=O) groups is 1. The molecule has 0 aliphatic rings. The van der Waals surface area contributed by atoms with Crippen LogP contribution in [-0.2, 0) is 11.2 Å². The molecule has 0 aliphatic carbocycles. The van der Waals surface area contributed by atoms with Crippen molar-refractivity contribution in [3.63, 3.8) is 0 Å². The Hall–Kier alpha value is -3.81. The largest absolute Gasteiger partial charge is 0.493 e. The van der Waals surface area contributed by atoms with Crippen LogP contribution in [0.2, 0.25) is 0 Å². The molecule has 4 aromatic rings. The van der Waals surface area contributed by atoms with Gasteiger partial charge in [0.05, 0.1) is 19.7 Å². The third kappa shape index (κ3) is 3.52. The maximum Gasteiger partial charge on any atom is 0.326 e.